The van der Waals surface area contributed by atoms with Crippen LogP contribution in [-0.2, 0) is 4.79 Å². The molecule has 0 aromatic rings. The molecule has 26 heavy (non-hydrogen) atoms. The van der Waals surface area contributed by atoms with Gasteiger partial charge in [-0.3, -0.25) is 4.79 Å². The Kier molecular flexibility index (Phi) is 4.66. The molecule has 0 amide bonds. The standard InChI is InChI=1S/C24H38O2/c1-5-18-7-9-22-20-8-6-19-12-17(14-25)15(2)13-23(19,4)21(20)10-11-24(18,22)16(3)26/h5,15,17-22,25H,1,6-14H2,2-4H3/t15-,17+,18-,19-,20+,21-,22-,23-,24-/m0/s1. The van der Waals surface area contributed by atoms with Crippen molar-refractivity contribution in [2.75, 3.05) is 6.61 Å². The Bertz CT molecular complexity index is 583. The van der Waals surface area contributed by atoms with Crippen molar-refractivity contribution in [2.24, 2.45) is 52.3 Å². The minimum absolute atomic E-state index is 0.0972. The first-order valence-electron chi connectivity index (χ1n) is 11.1. The first-order valence-corrected chi connectivity index (χ1v) is 11.1. The molecule has 0 aliphatic heterocycles. The van der Waals surface area contributed by atoms with E-state index in [0.717, 1.165) is 24.2 Å². The molecule has 4 aliphatic carbocycles. The molecule has 0 aromatic carbocycles. The number of rotatable bonds is 3. The maximum atomic E-state index is 12.9. The number of carbonyl (C=O) groups excluding carboxylic acids is 1. The molecule has 4 rings (SSSR count). The predicted molar refractivity (Wildman–Crippen MR) is 106 cm³/mol. The van der Waals surface area contributed by atoms with Gasteiger partial charge < -0.3 is 5.11 Å². The van der Waals surface area contributed by atoms with Gasteiger partial charge in [-0.2, -0.15) is 0 Å². The van der Waals surface area contributed by atoms with Gasteiger partial charge in [-0.1, -0.05) is 19.9 Å². The van der Waals surface area contributed by atoms with Crippen molar-refractivity contribution in [3.8, 4) is 0 Å². The van der Waals surface area contributed by atoms with Gasteiger partial charge in [0.1, 0.15) is 5.78 Å². The highest BCUT2D eigenvalue weighted by Gasteiger charge is 2.63. The fraction of sp³-hybridized carbons (Fsp3) is 0.875. The van der Waals surface area contributed by atoms with Crippen LogP contribution in [0.5, 0.6) is 0 Å². The second-order valence-electron chi connectivity index (χ2n) is 10.6. The molecule has 0 heterocycles. The van der Waals surface area contributed by atoms with E-state index in [2.05, 4.69) is 26.5 Å². The lowest BCUT2D eigenvalue weighted by Gasteiger charge is -2.62. The van der Waals surface area contributed by atoms with Crippen LogP contribution in [0.4, 0.5) is 0 Å². The summed E-state index contributed by atoms with van der Waals surface area (Å²) < 4.78 is 0. The van der Waals surface area contributed by atoms with Crippen molar-refractivity contribution < 1.29 is 9.90 Å². The van der Waals surface area contributed by atoms with E-state index in [1.54, 1.807) is 0 Å². The molecular weight excluding hydrogens is 320 g/mol. The summed E-state index contributed by atoms with van der Waals surface area (Å²) in [5.74, 6) is 4.85. The number of ketones is 1. The molecule has 2 nitrogen and oxygen atoms in total. The Labute approximate surface area is 159 Å². The second-order valence-corrected chi connectivity index (χ2v) is 10.6. The van der Waals surface area contributed by atoms with Gasteiger partial charge in [0, 0.05) is 12.0 Å². The number of hydrogen-bond acceptors (Lipinski definition) is 2. The van der Waals surface area contributed by atoms with Gasteiger partial charge in [-0.25, -0.2) is 0 Å². The van der Waals surface area contributed by atoms with E-state index in [4.69, 9.17) is 0 Å². The van der Waals surface area contributed by atoms with E-state index in [1.807, 2.05) is 6.92 Å². The molecule has 2 heteroatoms. The second kappa shape index (κ2) is 6.47. The van der Waals surface area contributed by atoms with Gasteiger partial charge in [0.05, 0.1) is 0 Å². The first kappa shape index (κ1) is 18.7. The lowest BCUT2D eigenvalue weighted by Crippen LogP contribution is -2.56. The van der Waals surface area contributed by atoms with Gasteiger partial charge in [-0.15, -0.1) is 6.58 Å². The highest BCUT2D eigenvalue weighted by Crippen LogP contribution is 2.68. The van der Waals surface area contributed by atoms with Crippen LogP contribution >= 0.6 is 0 Å². The molecule has 0 spiro atoms. The van der Waals surface area contributed by atoms with Crippen LogP contribution in [0.3, 0.4) is 0 Å². The van der Waals surface area contributed by atoms with Gasteiger partial charge in [-0.05, 0) is 105 Å². The smallest absolute Gasteiger partial charge is 0.136 e. The number of Topliss-reactive ketones (excluding diaryl/α,β-unsaturated/α-hetero) is 1. The molecule has 9 atom stereocenters. The van der Waals surface area contributed by atoms with Crippen molar-refractivity contribution >= 4 is 5.78 Å². The largest absolute Gasteiger partial charge is 0.396 e. The van der Waals surface area contributed by atoms with Crippen LogP contribution in [-0.4, -0.2) is 17.5 Å². The van der Waals surface area contributed by atoms with Gasteiger partial charge in [0.2, 0.25) is 0 Å². The Morgan fingerprint density at radius 3 is 2.62 bits per heavy atom. The molecule has 4 fully saturated rings. The molecule has 4 aliphatic rings. The number of aliphatic hydroxyl groups is 1. The lowest BCUT2D eigenvalue weighted by atomic mass is 9.42. The topological polar surface area (TPSA) is 37.3 Å². The Morgan fingerprint density at radius 1 is 1.19 bits per heavy atom. The highest BCUT2D eigenvalue weighted by atomic mass is 16.3. The highest BCUT2D eigenvalue weighted by molar-refractivity contribution is 5.84. The molecule has 4 saturated carbocycles. The van der Waals surface area contributed by atoms with Gasteiger partial charge in [0.15, 0.2) is 0 Å². The summed E-state index contributed by atoms with van der Waals surface area (Å²) in [6, 6.07) is 0. The third-order valence-electron chi connectivity index (χ3n) is 9.97. The third-order valence-corrected chi connectivity index (χ3v) is 9.97. The van der Waals surface area contributed by atoms with Crippen molar-refractivity contribution in [1.29, 1.82) is 0 Å². The summed E-state index contributed by atoms with van der Waals surface area (Å²) in [7, 11) is 0. The fourth-order valence-corrected chi connectivity index (χ4v) is 8.70. The maximum Gasteiger partial charge on any atom is 0.136 e. The fourth-order valence-electron chi connectivity index (χ4n) is 8.70. The van der Waals surface area contributed by atoms with Crippen molar-refractivity contribution in [3.05, 3.63) is 12.7 Å². The van der Waals surface area contributed by atoms with Crippen molar-refractivity contribution in [1.82, 2.24) is 0 Å². The van der Waals surface area contributed by atoms with Crippen LogP contribution in [0.15, 0.2) is 12.7 Å². The SMILES string of the molecule is C=C[C@H]1CC[C@H]2[C@@H]3CC[C@H]4C[C@H](CO)[C@@H](C)C[C@]4(C)[C@H]3CC[C@]12C(C)=O. The molecule has 0 aromatic heterocycles. The van der Waals surface area contributed by atoms with Crippen LogP contribution in [0, 0.1) is 52.3 Å². The maximum absolute atomic E-state index is 12.9. The predicted octanol–water partition coefficient (Wildman–Crippen LogP) is 5.25. The quantitative estimate of drug-likeness (QED) is 0.699. The van der Waals surface area contributed by atoms with E-state index in [1.165, 1.54) is 44.9 Å². The monoisotopic (exact) mass is 358 g/mol. The van der Waals surface area contributed by atoms with E-state index in [0.29, 0.717) is 41.5 Å². The number of allylic oxidation sites excluding steroid dienone is 1. The Balaban J connectivity index is 1.65. The van der Waals surface area contributed by atoms with Crippen LogP contribution in [0.1, 0.15) is 72.1 Å². The number of fused-ring (bicyclic) bond motifs is 5. The zero-order valence-corrected chi connectivity index (χ0v) is 17.0. The van der Waals surface area contributed by atoms with Gasteiger partial charge >= 0.3 is 0 Å². The summed E-state index contributed by atoms with van der Waals surface area (Å²) in [4.78, 5) is 12.9. The Morgan fingerprint density at radius 2 is 1.96 bits per heavy atom. The van der Waals surface area contributed by atoms with Crippen LogP contribution < -0.4 is 0 Å². The number of hydrogen-bond donors (Lipinski definition) is 1. The molecular formula is C24H38O2. The molecule has 0 unspecified atom stereocenters. The number of carbonyl (C=O) groups is 1. The van der Waals surface area contributed by atoms with Crippen LogP contribution in [0.2, 0.25) is 0 Å². The molecule has 1 N–H and O–H groups in total. The molecule has 0 saturated heterocycles. The molecule has 0 radical (unpaired) electrons. The normalized spacial score (nSPS) is 53.3. The number of aliphatic hydroxyl groups excluding tert-OH is 1. The zero-order valence-electron chi connectivity index (χ0n) is 17.0. The van der Waals surface area contributed by atoms with Gasteiger partial charge in [0.25, 0.3) is 0 Å². The van der Waals surface area contributed by atoms with E-state index < -0.39 is 0 Å². The molecule has 146 valence electrons. The van der Waals surface area contributed by atoms with E-state index in [9.17, 15) is 9.90 Å². The third kappa shape index (κ3) is 2.36. The lowest BCUT2D eigenvalue weighted by molar-refractivity contribution is -0.153. The average molecular weight is 359 g/mol. The minimum atomic E-state index is -0.0972. The van der Waals surface area contributed by atoms with Crippen molar-refractivity contribution in [2.45, 2.75) is 72.1 Å². The summed E-state index contributed by atoms with van der Waals surface area (Å²) >= 11 is 0. The van der Waals surface area contributed by atoms with E-state index in [-0.39, 0.29) is 5.41 Å². The minimum Gasteiger partial charge on any atom is -0.396 e. The first-order chi connectivity index (χ1) is 12.4. The average Bonchev–Trinajstić information content (AvgIpc) is 3.01. The summed E-state index contributed by atoms with van der Waals surface area (Å²) in [6.45, 7) is 11.2. The molecule has 0 bridgehead atoms. The van der Waals surface area contributed by atoms with Crippen molar-refractivity contribution in [3.63, 3.8) is 0 Å². The zero-order chi connectivity index (χ0) is 18.7. The summed E-state index contributed by atoms with van der Waals surface area (Å²) in [6.07, 6.45) is 11.9. The summed E-state index contributed by atoms with van der Waals surface area (Å²) in [5, 5.41) is 9.80. The van der Waals surface area contributed by atoms with E-state index >= 15 is 0 Å². The summed E-state index contributed by atoms with van der Waals surface area (Å²) in [5.41, 5.74) is 0.323. The van der Waals surface area contributed by atoms with Crippen LogP contribution in [0.25, 0.3) is 0 Å². The Hall–Kier alpha value is -0.630.